The molecule has 0 spiro atoms. The standard InChI is InChI=1S/C8H18Cl2OSi.C6H12O.C2H6Cl2Si.4ClH.Pt/c1-3-12(9,10)8-6-4-5-7-11-2;1-3-4-5-6-7-2;1-2-5(3)4;;;;;/h3-8H2,1-2H3;3H,1,4-6H2,2H3;5H,2H2,1H3;4*1H;/q;;;;;;;+4/p-4. The zero-order chi connectivity index (χ0) is 23.8. The summed E-state index contributed by atoms with van der Waals surface area (Å²) in [6.07, 6.45) is 7.52. The Hall–Kier alpha value is 3.10. The molecule has 0 atom stereocenters. The van der Waals surface area contributed by atoms with Gasteiger partial charge in [0, 0.05) is 27.4 Å². The van der Waals surface area contributed by atoms with E-state index in [0.717, 1.165) is 57.0 Å². The van der Waals surface area contributed by atoms with Gasteiger partial charge < -0.3 is 9.47 Å². The van der Waals surface area contributed by atoms with Crippen molar-refractivity contribution in [3.8, 4) is 0 Å². The summed E-state index contributed by atoms with van der Waals surface area (Å²) in [5.74, 6) is 0. The van der Waals surface area contributed by atoms with Crippen LogP contribution in [0.1, 0.15) is 46.0 Å². The topological polar surface area (TPSA) is 18.5 Å². The molecule has 2 nitrogen and oxygen atoms in total. The van der Waals surface area contributed by atoms with Gasteiger partial charge in [-0.1, -0.05) is 32.8 Å². The van der Waals surface area contributed by atoms with Crippen molar-refractivity contribution in [2.45, 2.75) is 64.1 Å². The van der Waals surface area contributed by atoms with Gasteiger partial charge in [0.05, 0.1) is 0 Å². The Morgan fingerprint density at radius 3 is 1.62 bits per heavy atom. The van der Waals surface area contributed by atoms with Crippen molar-refractivity contribution >= 4 is 96.1 Å². The van der Waals surface area contributed by atoms with Crippen LogP contribution in [0.25, 0.3) is 0 Å². The molecular formula is C16H36Cl8O2PtSi2. The molecule has 0 fully saturated rings. The summed E-state index contributed by atoms with van der Waals surface area (Å²) >= 11 is 19.9. The van der Waals surface area contributed by atoms with Crippen LogP contribution < -0.4 is 0 Å². The van der Waals surface area contributed by atoms with E-state index in [-0.39, 0.29) is 0 Å². The Morgan fingerprint density at radius 1 is 0.897 bits per heavy atom. The van der Waals surface area contributed by atoms with Gasteiger partial charge in [-0.05, 0) is 37.4 Å². The van der Waals surface area contributed by atoms with Crippen molar-refractivity contribution < 1.29 is 21.4 Å². The van der Waals surface area contributed by atoms with Crippen LogP contribution in [-0.2, 0) is 21.4 Å². The first-order valence-corrected chi connectivity index (χ1v) is 29.0. The Kier molecular flexibility index (Phi) is 39.5. The van der Waals surface area contributed by atoms with E-state index in [1.807, 2.05) is 13.0 Å². The Bertz CT molecular complexity index is 320. The first-order valence-electron chi connectivity index (χ1n) is 9.03. The number of unbranched alkanes of at least 4 members (excludes halogenated alkanes) is 3. The van der Waals surface area contributed by atoms with E-state index in [9.17, 15) is 0 Å². The fraction of sp³-hybridized carbons (Fsp3) is 0.875. The Morgan fingerprint density at radius 2 is 1.31 bits per heavy atom. The van der Waals surface area contributed by atoms with Crippen molar-refractivity contribution in [1.29, 1.82) is 0 Å². The van der Waals surface area contributed by atoms with Crippen molar-refractivity contribution in [3.05, 3.63) is 12.7 Å². The van der Waals surface area contributed by atoms with Crippen LogP contribution in [-0.4, -0.2) is 41.5 Å². The van der Waals surface area contributed by atoms with Gasteiger partial charge in [-0.2, -0.15) is 22.2 Å². The third-order valence-electron chi connectivity index (χ3n) is 2.97. The maximum absolute atomic E-state index is 6.11. The van der Waals surface area contributed by atoms with Gasteiger partial charge in [0.15, 0.2) is 0 Å². The average Bonchev–Trinajstić information content (AvgIpc) is 2.61. The molecule has 0 aromatic heterocycles. The molecule has 186 valence electrons. The summed E-state index contributed by atoms with van der Waals surface area (Å²) in [7, 11) is 22.3. The van der Waals surface area contributed by atoms with Crippen LogP contribution in [0.4, 0.5) is 0 Å². The summed E-state index contributed by atoms with van der Waals surface area (Å²) in [6.45, 7) is 7.52. The number of methoxy groups -OCH3 is 2. The first-order chi connectivity index (χ1) is 13.3. The molecule has 0 N–H and O–H groups in total. The van der Waals surface area contributed by atoms with Gasteiger partial charge in [0.1, 0.15) is 0 Å². The van der Waals surface area contributed by atoms with Gasteiger partial charge in [-0.25, -0.2) is 0 Å². The van der Waals surface area contributed by atoms with E-state index < -0.39 is 26.0 Å². The minimum atomic E-state index is -3.06. The van der Waals surface area contributed by atoms with Crippen LogP contribution in [0.15, 0.2) is 12.7 Å². The number of ether oxygens (including phenoxy) is 2. The third-order valence-corrected chi connectivity index (χ3v) is 10.3. The normalized spacial score (nSPS) is 11.3. The molecule has 0 radical (unpaired) electrons. The fourth-order valence-corrected chi connectivity index (χ4v) is 3.28. The SMILES string of the molecule is C=CCCCOC.CC[SiH](Cl)Cl.CC[Si](Cl)(Cl)CCCCCOC.[Cl][Pt]([Cl])([Cl])[Cl]. The zero-order valence-corrected chi connectivity index (χ0v) is 28.1. The summed E-state index contributed by atoms with van der Waals surface area (Å²) in [6, 6.07) is 2.96. The Balaban J connectivity index is -0.000000157. The molecule has 0 aliphatic rings. The molecule has 0 heterocycles. The molecule has 0 saturated carbocycles. The zero-order valence-electron chi connectivity index (χ0n) is 17.6. The predicted molar refractivity (Wildman–Crippen MR) is 143 cm³/mol. The second kappa shape index (κ2) is 29.1. The van der Waals surface area contributed by atoms with Crippen LogP contribution in [0.2, 0.25) is 18.1 Å². The van der Waals surface area contributed by atoms with E-state index in [4.69, 9.17) is 91.5 Å². The monoisotopic (exact) mass is 791 g/mol. The summed E-state index contributed by atoms with van der Waals surface area (Å²) in [5.41, 5.74) is 0. The second-order valence-electron chi connectivity index (χ2n) is 5.51. The van der Waals surface area contributed by atoms with Crippen LogP contribution in [0.5, 0.6) is 0 Å². The van der Waals surface area contributed by atoms with Gasteiger partial charge in [0.25, 0.3) is 6.69 Å². The first kappa shape index (κ1) is 39.3. The quantitative estimate of drug-likeness (QED) is 0.0849. The van der Waals surface area contributed by atoms with Crippen molar-refractivity contribution in [1.82, 2.24) is 0 Å². The van der Waals surface area contributed by atoms with E-state index in [1.54, 1.807) is 14.2 Å². The molecule has 13 heteroatoms. The molecule has 0 amide bonds. The average molecular weight is 795 g/mol. The molecule has 0 unspecified atom stereocenters. The van der Waals surface area contributed by atoms with E-state index in [2.05, 4.69) is 13.5 Å². The van der Waals surface area contributed by atoms with Gasteiger partial charge in [0.2, 0.25) is 7.42 Å². The summed E-state index contributed by atoms with van der Waals surface area (Å²) in [4.78, 5) is 0. The molecule has 0 aliphatic heterocycles. The van der Waals surface area contributed by atoms with Crippen LogP contribution in [0, 0.1) is 0 Å². The molecule has 0 bridgehead atoms. The minimum absolute atomic E-state index is 0.852. The van der Waals surface area contributed by atoms with Gasteiger partial charge in [-0.15, -0.1) is 28.7 Å². The number of hydrogen-bond donors (Lipinski definition) is 0. The molecule has 0 saturated heterocycles. The van der Waals surface area contributed by atoms with E-state index in [1.165, 1.54) is 6.42 Å². The number of halogens is 8. The number of allylic oxidation sites excluding steroid dienone is 1. The van der Waals surface area contributed by atoms with Crippen LogP contribution in [0.3, 0.4) is 0 Å². The number of hydrogen-bond acceptors (Lipinski definition) is 2. The maximum atomic E-state index is 6.11. The second-order valence-corrected chi connectivity index (χ2v) is 38.5. The fourth-order valence-electron chi connectivity index (χ4n) is 1.36. The Labute approximate surface area is 219 Å². The van der Waals surface area contributed by atoms with E-state index in [0.29, 0.717) is 0 Å². The van der Waals surface area contributed by atoms with Crippen LogP contribution >= 0.6 is 82.0 Å². The number of rotatable bonds is 12. The molecule has 0 rings (SSSR count). The summed E-state index contributed by atoms with van der Waals surface area (Å²) < 4.78 is 9.74. The van der Waals surface area contributed by atoms with E-state index >= 15 is 0 Å². The molecule has 0 aromatic carbocycles. The van der Waals surface area contributed by atoms with Crippen molar-refractivity contribution in [2.24, 2.45) is 0 Å². The van der Waals surface area contributed by atoms with Gasteiger partial charge in [-0.3, -0.25) is 0 Å². The predicted octanol–water partition coefficient (Wildman–Crippen LogP) is 9.80. The molecular weight excluding hydrogens is 759 g/mol. The van der Waals surface area contributed by atoms with Gasteiger partial charge >= 0.3 is 49.6 Å². The third kappa shape index (κ3) is 65.2. The van der Waals surface area contributed by atoms with Crippen molar-refractivity contribution in [2.75, 3.05) is 27.4 Å². The summed E-state index contributed by atoms with van der Waals surface area (Å²) in [5, 5.41) is 0. The molecule has 29 heavy (non-hydrogen) atoms. The molecule has 0 aromatic rings. The van der Waals surface area contributed by atoms with Crippen molar-refractivity contribution in [3.63, 3.8) is 0 Å². The molecule has 0 aliphatic carbocycles.